The molecule has 0 aliphatic rings. The summed E-state index contributed by atoms with van der Waals surface area (Å²) in [6.07, 6.45) is -1.52. The van der Waals surface area contributed by atoms with E-state index in [1.54, 1.807) is 91.0 Å². The lowest BCUT2D eigenvalue weighted by Gasteiger charge is -2.26. The number of ether oxygens (including phenoxy) is 3. The number of rotatable bonds is 19. The molecule has 0 fully saturated rings. The fourth-order valence-corrected chi connectivity index (χ4v) is 10.4. The second kappa shape index (κ2) is 19.1. The number of sulfonamides is 2. The van der Waals surface area contributed by atoms with E-state index in [4.69, 9.17) is 19.9 Å². The van der Waals surface area contributed by atoms with Crippen molar-refractivity contribution in [2.45, 2.75) is 35.5 Å². The number of para-hydroxylation sites is 1. The Kier molecular flexibility index (Phi) is 13.4. The minimum absolute atomic E-state index is 0.0716. The lowest BCUT2D eigenvalue weighted by atomic mass is 9.98. The van der Waals surface area contributed by atoms with Crippen LogP contribution in [0.15, 0.2) is 113 Å². The summed E-state index contributed by atoms with van der Waals surface area (Å²) >= 11 is 0. The van der Waals surface area contributed by atoms with Gasteiger partial charge in [-0.2, -0.15) is 9.10 Å². The average Bonchev–Trinajstić information content (AvgIpc) is 3.93. The van der Waals surface area contributed by atoms with Crippen LogP contribution < -0.4 is 30.0 Å². The quantitative estimate of drug-likeness (QED) is 0.0673. The predicted octanol–water partition coefficient (Wildman–Crippen LogP) is 3.84. The number of anilines is 1. The first-order valence-corrected chi connectivity index (χ1v) is 22.3. The number of carbonyl (C=O) groups is 1. The second-order valence-electron chi connectivity index (χ2n) is 14.3. The summed E-state index contributed by atoms with van der Waals surface area (Å²) in [7, 11) is -5.37. The maximum absolute atomic E-state index is 15.9. The molecule has 0 aliphatic carbocycles. The van der Waals surface area contributed by atoms with E-state index in [2.05, 4.69) is 30.1 Å². The van der Waals surface area contributed by atoms with E-state index in [-0.39, 0.29) is 42.5 Å². The number of amides is 1. The zero-order valence-corrected chi connectivity index (χ0v) is 36.3. The topological polar surface area (TPSA) is 279 Å². The molecule has 0 spiro atoms. The Morgan fingerprint density at radius 2 is 1.39 bits per heavy atom. The number of nitrogens with zero attached hydrogens (tertiary/aromatic N) is 6. The molecule has 1 amide bonds. The Labute approximate surface area is 367 Å². The number of methoxy groups -OCH3 is 3. The summed E-state index contributed by atoms with van der Waals surface area (Å²) in [5.74, 6) is 1.49. The standard InChI is InChI=1S/C42H44N10O10S2/c1-60-30-13-7-26(8-14-30)22-51(23-27-9-15-31(61-2)16-10-27)64(58,59)39-36(63(56,57)44-21-29(25-53)45-42(54)55)20-19-33(34-5-4-6-35-38(34)47-41(43)46-35)37(39)40-48-50-52(49-40)24-28-11-17-32(62-3)18-12-28/h4-20,29,44-45,53H,21-25H2,1-3H3,(H,54,55)(H3,43,46,47). The normalized spacial score (nSPS) is 12.3. The van der Waals surface area contributed by atoms with Gasteiger partial charge in [-0.1, -0.05) is 54.6 Å². The molecule has 2 aromatic heterocycles. The molecule has 20 nitrogen and oxygen atoms in total. The van der Waals surface area contributed by atoms with Crippen LogP contribution in [0.25, 0.3) is 33.5 Å². The van der Waals surface area contributed by atoms with E-state index >= 15 is 8.42 Å². The number of imidazole rings is 1. The first kappa shape index (κ1) is 44.9. The maximum Gasteiger partial charge on any atom is 0.405 e. The highest BCUT2D eigenvalue weighted by molar-refractivity contribution is 7.92. The molecule has 7 aromatic rings. The van der Waals surface area contributed by atoms with Gasteiger partial charge in [-0.3, -0.25) is 0 Å². The van der Waals surface area contributed by atoms with Crippen molar-refractivity contribution in [1.82, 2.24) is 44.5 Å². The number of nitrogens with two attached hydrogens (primary N) is 1. The summed E-state index contributed by atoms with van der Waals surface area (Å²) in [5, 5.41) is 34.5. The number of tetrazole rings is 1. The number of fused-ring (bicyclic) bond motifs is 1. The van der Waals surface area contributed by atoms with E-state index in [1.165, 1.54) is 32.2 Å². The van der Waals surface area contributed by atoms with Gasteiger partial charge in [-0.05, 0) is 76.0 Å². The van der Waals surface area contributed by atoms with Crippen LogP contribution in [0.4, 0.5) is 10.7 Å². The molecule has 0 saturated heterocycles. The van der Waals surface area contributed by atoms with Crippen LogP contribution in [-0.2, 0) is 39.7 Å². The molecule has 0 bridgehead atoms. The van der Waals surface area contributed by atoms with Gasteiger partial charge in [0.05, 0.1) is 57.1 Å². The molecule has 64 heavy (non-hydrogen) atoms. The summed E-state index contributed by atoms with van der Waals surface area (Å²) in [5.41, 5.74) is 9.02. The van der Waals surface area contributed by atoms with E-state index < -0.39 is 55.1 Å². The SMILES string of the molecule is COc1ccc(CN(Cc2ccc(OC)cc2)S(=O)(=O)c2c(S(=O)(=O)NCC(CO)NC(=O)O)ccc(-c3cccc4[nH]c(N)nc34)c2-c2nnn(Cc3ccc(OC)cc3)n2)cc1. The zero-order valence-electron chi connectivity index (χ0n) is 34.7. The molecule has 1 unspecified atom stereocenters. The van der Waals surface area contributed by atoms with Crippen LogP contribution in [0.1, 0.15) is 16.7 Å². The van der Waals surface area contributed by atoms with E-state index in [0.717, 1.165) is 15.9 Å². The van der Waals surface area contributed by atoms with Crippen molar-refractivity contribution in [2.24, 2.45) is 0 Å². The lowest BCUT2D eigenvalue weighted by Crippen LogP contribution is -2.45. The molecule has 2 heterocycles. The number of nitrogens with one attached hydrogen (secondary N) is 3. The van der Waals surface area contributed by atoms with Crippen LogP contribution in [0, 0.1) is 0 Å². The average molecular weight is 913 g/mol. The van der Waals surface area contributed by atoms with Crippen molar-refractivity contribution < 1.29 is 46.1 Å². The number of aliphatic hydroxyl groups excluding tert-OH is 1. The fourth-order valence-electron chi connectivity index (χ4n) is 6.90. The van der Waals surface area contributed by atoms with Crippen LogP contribution in [-0.4, -0.2) is 108 Å². The van der Waals surface area contributed by atoms with Crippen LogP contribution >= 0.6 is 0 Å². The van der Waals surface area contributed by atoms with Gasteiger partial charge in [0, 0.05) is 25.2 Å². The molecule has 1 atom stereocenters. The van der Waals surface area contributed by atoms with Crippen molar-refractivity contribution in [3.05, 3.63) is 120 Å². The van der Waals surface area contributed by atoms with Crippen LogP contribution in [0.2, 0.25) is 0 Å². The number of benzene rings is 5. The van der Waals surface area contributed by atoms with Crippen molar-refractivity contribution in [2.75, 3.05) is 40.2 Å². The Morgan fingerprint density at radius 3 is 1.94 bits per heavy atom. The first-order chi connectivity index (χ1) is 30.7. The molecular weight excluding hydrogens is 869 g/mol. The van der Waals surface area contributed by atoms with Gasteiger partial charge < -0.3 is 40.5 Å². The Bertz CT molecular complexity index is 2930. The Morgan fingerprint density at radius 1 is 0.812 bits per heavy atom. The van der Waals surface area contributed by atoms with Crippen molar-refractivity contribution in [1.29, 1.82) is 0 Å². The number of hydrogen-bond acceptors (Lipinski definition) is 14. The Hall–Kier alpha value is -7.11. The molecule has 5 aromatic carbocycles. The van der Waals surface area contributed by atoms with Gasteiger partial charge in [-0.25, -0.2) is 31.3 Å². The summed E-state index contributed by atoms with van der Waals surface area (Å²) < 4.78 is 80.5. The number of nitrogen functional groups attached to an aromatic ring is 1. The second-order valence-corrected chi connectivity index (χ2v) is 17.9. The van der Waals surface area contributed by atoms with Crippen LogP contribution in [0.5, 0.6) is 17.2 Å². The molecule has 22 heteroatoms. The van der Waals surface area contributed by atoms with E-state index in [9.17, 15) is 23.4 Å². The number of H-pyrrole nitrogens is 1. The molecule has 0 saturated carbocycles. The van der Waals surface area contributed by atoms with Gasteiger partial charge in [0.1, 0.15) is 27.0 Å². The summed E-state index contributed by atoms with van der Waals surface area (Å²) in [6, 6.07) is 26.8. The summed E-state index contributed by atoms with van der Waals surface area (Å²) in [6.45, 7) is -1.86. The van der Waals surface area contributed by atoms with Gasteiger partial charge in [0.15, 0.2) is 5.95 Å². The number of aromatic amines is 1. The first-order valence-electron chi connectivity index (χ1n) is 19.4. The zero-order chi connectivity index (χ0) is 45.6. The number of carboxylic acid groups (broad SMARTS) is 1. The lowest BCUT2D eigenvalue weighted by molar-refractivity contribution is 0.177. The predicted molar refractivity (Wildman–Crippen MR) is 234 cm³/mol. The summed E-state index contributed by atoms with van der Waals surface area (Å²) in [4.78, 5) is 18.7. The molecule has 0 radical (unpaired) electrons. The minimum atomic E-state index is -5.01. The van der Waals surface area contributed by atoms with E-state index in [1.807, 2.05) is 5.32 Å². The van der Waals surface area contributed by atoms with Gasteiger partial charge in [-0.15, -0.1) is 10.2 Å². The number of hydrogen-bond donors (Lipinski definition) is 6. The van der Waals surface area contributed by atoms with Gasteiger partial charge in [0.25, 0.3) is 0 Å². The molecular formula is C42H44N10O10S2. The van der Waals surface area contributed by atoms with Gasteiger partial charge in [0.2, 0.25) is 25.9 Å². The van der Waals surface area contributed by atoms with Crippen molar-refractivity contribution >= 4 is 43.1 Å². The fraction of sp³-hybridized carbons (Fsp3) is 0.214. The minimum Gasteiger partial charge on any atom is -0.497 e. The molecule has 7 N–H and O–H groups in total. The molecule has 7 rings (SSSR count). The highest BCUT2D eigenvalue weighted by atomic mass is 32.2. The van der Waals surface area contributed by atoms with Gasteiger partial charge >= 0.3 is 6.09 Å². The maximum atomic E-state index is 15.9. The largest absolute Gasteiger partial charge is 0.497 e. The number of aromatic nitrogens is 6. The monoisotopic (exact) mass is 912 g/mol. The Balaban J connectivity index is 1.50. The smallest absolute Gasteiger partial charge is 0.405 e. The highest BCUT2D eigenvalue weighted by Crippen LogP contribution is 2.43. The molecule has 334 valence electrons. The highest BCUT2D eigenvalue weighted by Gasteiger charge is 2.38. The van der Waals surface area contributed by atoms with Crippen LogP contribution in [0.3, 0.4) is 0 Å². The molecule has 0 aliphatic heterocycles. The third-order valence-corrected chi connectivity index (χ3v) is 13.6. The third-order valence-electron chi connectivity index (χ3n) is 10.1. The number of aliphatic hydroxyl groups is 1. The van der Waals surface area contributed by atoms with E-state index in [0.29, 0.717) is 45.0 Å². The van der Waals surface area contributed by atoms with Crippen molar-refractivity contribution in [3.63, 3.8) is 0 Å². The van der Waals surface area contributed by atoms with Crippen molar-refractivity contribution in [3.8, 4) is 39.8 Å². The third kappa shape index (κ3) is 9.90.